The van der Waals surface area contributed by atoms with Gasteiger partial charge in [-0.15, -0.1) is 0 Å². The lowest BCUT2D eigenvalue weighted by Gasteiger charge is -2.16. The number of fused-ring (bicyclic) bond motifs is 1. The monoisotopic (exact) mass is 394 g/mol. The van der Waals surface area contributed by atoms with Crippen LogP contribution in [0.2, 0.25) is 5.02 Å². The first kappa shape index (κ1) is 17.5. The molecule has 0 unspecified atom stereocenters. The Balaban J connectivity index is 1.68. The lowest BCUT2D eigenvalue weighted by Crippen LogP contribution is -2.28. The summed E-state index contributed by atoms with van der Waals surface area (Å²) >= 11 is 7.67. The number of amides is 1. The van der Waals surface area contributed by atoms with Gasteiger partial charge in [-0.05, 0) is 35.9 Å². The minimum absolute atomic E-state index is 0.176. The molecule has 0 radical (unpaired) electrons. The van der Waals surface area contributed by atoms with Crippen molar-refractivity contribution in [2.45, 2.75) is 6.54 Å². The molecule has 0 N–H and O–H groups in total. The first-order valence-corrected chi connectivity index (χ1v) is 9.52. The topological polar surface area (TPSA) is 46.3 Å². The number of nitrogens with zero attached hydrogens (tertiary/aromatic N) is 2. The standard InChI is InChI=1S/C21H15ClN2O2S/c22-17-9-4-10-18-20(17)23-21(27-18)24(14-16-8-5-13-26-16)19(25)12-11-15-6-2-1-3-7-15/h1-13H,14H2/b12-11+. The number of carbonyl (C=O) groups is 1. The number of para-hydroxylation sites is 1. The predicted octanol–water partition coefficient (Wildman–Crippen LogP) is 5.79. The van der Waals surface area contributed by atoms with Crippen LogP contribution in [0.25, 0.3) is 16.3 Å². The van der Waals surface area contributed by atoms with Crippen LogP contribution in [0, 0.1) is 0 Å². The molecule has 0 aliphatic carbocycles. The zero-order chi connectivity index (χ0) is 18.6. The molecular weight excluding hydrogens is 380 g/mol. The van der Waals surface area contributed by atoms with E-state index in [4.69, 9.17) is 16.0 Å². The van der Waals surface area contributed by atoms with Gasteiger partial charge in [0.15, 0.2) is 5.13 Å². The molecule has 1 amide bonds. The molecule has 6 heteroatoms. The molecule has 2 aromatic heterocycles. The number of carbonyl (C=O) groups excluding carboxylic acids is 1. The number of aromatic nitrogens is 1. The number of anilines is 1. The van der Waals surface area contributed by atoms with Gasteiger partial charge in [-0.25, -0.2) is 4.98 Å². The Hall–Kier alpha value is -2.89. The summed E-state index contributed by atoms with van der Waals surface area (Å²) in [5.41, 5.74) is 1.65. The summed E-state index contributed by atoms with van der Waals surface area (Å²) in [5, 5.41) is 1.15. The molecule has 4 nitrogen and oxygen atoms in total. The van der Waals surface area contributed by atoms with E-state index in [1.165, 1.54) is 11.3 Å². The molecule has 4 aromatic rings. The summed E-state index contributed by atoms with van der Waals surface area (Å²) in [6.07, 6.45) is 4.93. The summed E-state index contributed by atoms with van der Waals surface area (Å²) in [6.45, 7) is 0.294. The van der Waals surface area contributed by atoms with Gasteiger partial charge in [0.2, 0.25) is 0 Å². The molecule has 27 heavy (non-hydrogen) atoms. The van der Waals surface area contributed by atoms with E-state index in [0.29, 0.717) is 28.0 Å². The third-order valence-electron chi connectivity index (χ3n) is 3.97. The summed E-state index contributed by atoms with van der Waals surface area (Å²) in [5.74, 6) is 0.507. The van der Waals surface area contributed by atoms with Crippen molar-refractivity contribution in [2.75, 3.05) is 4.90 Å². The fraction of sp³-hybridized carbons (Fsp3) is 0.0476. The maximum atomic E-state index is 12.9. The minimum atomic E-state index is -0.176. The van der Waals surface area contributed by atoms with E-state index < -0.39 is 0 Å². The average Bonchev–Trinajstić information content (AvgIpc) is 3.35. The van der Waals surface area contributed by atoms with Crippen LogP contribution in [0.5, 0.6) is 0 Å². The highest BCUT2D eigenvalue weighted by atomic mass is 35.5. The van der Waals surface area contributed by atoms with Crippen molar-refractivity contribution in [3.8, 4) is 0 Å². The Labute approximate surface area is 165 Å². The molecule has 0 spiro atoms. The molecule has 0 atom stereocenters. The molecular formula is C21H15ClN2O2S. The lowest BCUT2D eigenvalue weighted by atomic mass is 10.2. The number of furan rings is 1. The Bertz CT molecular complexity index is 1090. The zero-order valence-electron chi connectivity index (χ0n) is 14.2. The van der Waals surface area contributed by atoms with Gasteiger partial charge in [-0.2, -0.15) is 0 Å². The second-order valence-electron chi connectivity index (χ2n) is 5.83. The molecule has 134 valence electrons. The van der Waals surface area contributed by atoms with Crippen LogP contribution >= 0.6 is 22.9 Å². The van der Waals surface area contributed by atoms with Crippen LogP contribution in [-0.4, -0.2) is 10.9 Å². The van der Waals surface area contributed by atoms with Gasteiger partial charge in [0.05, 0.1) is 22.5 Å². The number of hydrogen-bond acceptors (Lipinski definition) is 4. The molecule has 0 saturated heterocycles. The van der Waals surface area contributed by atoms with Gasteiger partial charge < -0.3 is 4.42 Å². The second kappa shape index (κ2) is 7.78. The second-order valence-corrected chi connectivity index (χ2v) is 7.25. The largest absolute Gasteiger partial charge is 0.467 e. The first-order valence-electron chi connectivity index (χ1n) is 8.33. The predicted molar refractivity (Wildman–Crippen MR) is 110 cm³/mol. The Morgan fingerprint density at radius 3 is 2.70 bits per heavy atom. The number of halogens is 1. The maximum absolute atomic E-state index is 12.9. The first-order chi connectivity index (χ1) is 13.2. The summed E-state index contributed by atoms with van der Waals surface area (Å²) < 4.78 is 6.36. The zero-order valence-corrected chi connectivity index (χ0v) is 15.8. The molecule has 2 aromatic carbocycles. The smallest absolute Gasteiger partial charge is 0.253 e. The van der Waals surface area contributed by atoms with Crippen LogP contribution in [0.3, 0.4) is 0 Å². The molecule has 0 aliphatic rings. The summed E-state index contributed by atoms with van der Waals surface area (Å²) in [4.78, 5) is 19.1. The van der Waals surface area contributed by atoms with Crippen molar-refractivity contribution < 1.29 is 9.21 Å². The molecule has 0 bridgehead atoms. The number of rotatable bonds is 5. The molecule has 0 fully saturated rings. The van der Waals surface area contributed by atoms with Crippen molar-refractivity contribution in [1.29, 1.82) is 0 Å². The summed E-state index contributed by atoms with van der Waals surface area (Å²) in [7, 11) is 0. The Morgan fingerprint density at radius 1 is 1.11 bits per heavy atom. The van der Waals surface area contributed by atoms with Crippen molar-refractivity contribution in [2.24, 2.45) is 0 Å². The SMILES string of the molecule is O=C(/C=C/c1ccccc1)N(Cc1ccco1)c1nc2c(Cl)cccc2s1. The maximum Gasteiger partial charge on any atom is 0.253 e. The quantitative estimate of drug-likeness (QED) is 0.402. The summed E-state index contributed by atoms with van der Waals surface area (Å²) in [6, 6.07) is 18.9. The highest BCUT2D eigenvalue weighted by Gasteiger charge is 2.20. The van der Waals surface area contributed by atoms with Crippen LogP contribution < -0.4 is 4.90 Å². The lowest BCUT2D eigenvalue weighted by molar-refractivity contribution is -0.114. The number of hydrogen-bond donors (Lipinski definition) is 0. The van der Waals surface area contributed by atoms with Crippen molar-refractivity contribution >= 4 is 50.3 Å². The molecule has 0 saturated carbocycles. The third kappa shape index (κ3) is 3.94. The third-order valence-corrected chi connectivity index (χ3v) is 5.32. The van der Waals surface area contributed by atoms with Crippen LogP contribution in [0.4, 0.5) is 5.13 Å². The van der Waals surface area contributed by atoms with Gasteiger partial charge in [-0.3, -0.25) is 9.69 Å². The highest BCUT2D eigenvalue weighted by Crippen LogP contribution is 2.33. The van der Waals surface area contributed by atoms with Crippen molar-refractivity contribution in [1.82, 2.24) is 4.98 Å². The average molecular weight is 395 g/mol. The van der Waals surface area contributed by atoms with Gasteiger partial charge >= 0.3 is 0 Å². The highest BCUT2D eigenvalue weighted by molar-refractivity contribution is 7.22. The van der Waals surface area contributed by atoms with Crippen molar-refractivity contribution in [3.05, 3.63) is 89.3 Å². The van der Waals surface area contributed by atoms with Crippen LogP contribution in [-0.2, 0) is 11.3 Å². The fourth-order valence-corrected chi connectivity index (χ4v) is 3.91. The van der Waals surface area contributed by atoms with E-state index in [1.54, 1.807) is 35.4 Å². The molecule has 0 aliphatic heterocycles. The fourth-order valence-electron chi connectivity index (χ4n) is 2.64. The van der Waals surface area contributed by atoms with Gasteiger partial charge in [0.1, 0.15) is 11.3 Å². The van der Waals surface area contributed by atoms with E-state index in [1.807, 2.05) is 48.5 Å². The van der Waals surface area contributed by atoms with E-state index >= 15 is 0 Å². The Morgan fingerprint density at radius 2 is 1.96 bits per heavy atom. The number of benzene rings is 2. The Kier molecular flexibility index (Phi) is 5.05. The minimum Gasteiger partial charge on any atom is -0.467 e. The van der Waals surface area contributed by atoms with Crippen molar-refractivity contribution in [3.63, 3.8) is 0 Å². The van der Waals surface area contributed by atoms with Crippen LogP contribution in [0.1, 0.15) is 11.3 Å². The van der Waals surface area contributed by atoms with E-state index in [9.17, 15) is 4.79 Å². The number of thiazole rings is 1. The van der Waals surface area contributed by atoms with E-state index in [-0.39, 0.29) is 5.91 Å². The van der Waals surface area contributed by atoms with Gasteiger partial charge in [-0.1, -0.05) is 59.3 Å². The van der Waals surface area contributed by atoms with Gasteiger partial charge in [0, 0.05) is 6.08 Å². The van der Waals surface area contributed by atoms with E-state index in [0.717, 1.165) is 10.3 Å². The normalized spacial score (nSPS) is 11.3. The van der Waals surface area contributed by atoms with Gasteiger partial charge in [0.25, 0.3) is 5.91 Å². The van der Waals surface area contributed by atoms with Crippen LogP contribution in [0.15, 0.2) is 77.4 Å². The van der Waals surface area contributed by atoms with E-state index in [2.05, 4.69) is 4.98 Å². The molecule has 2 heterocycles. The molecule has 4 rings (SSSR count).